The number of fused-ring (bicyclic) bond motifs is 1. The molecule has 0 aliphatic carbocycles. The number of anilines is 1. The number of amides is 1. The molecule has 100 valence electrons. The highest BCUT2D eigenvalue weighted by molar-refractivity contribution is 7.17. The summed E-state index contributed by atoms with van der Waals surface area (Å²) < 4.78 is 1.08. The molecule has 0 saturated heterocycles. The number of hydrogen-bond donors (Lipinski definition) is 1. The highest BCUT2D eigenvalue weighted by Crippen LogP contribution is 2.29. The largest absolute Gasteiger partial charge is 0.321 e. The molecule has 1 heterocycles. The molecule has 3 aromatic rings. The van der Waals surface area contributed by atoms with Gasteiger partial charge < -0.3 is 5.32 Å². The third kappa shape index (κ3) is 2.52. The molecule has 0 spiro atoms. The molecule has 5 heteroatoms. The predicted octanol–water partition coefficient (Wildman–Crippen LogP) is 5.46. The Labute approximate surface area is 129 Å². The zero-order valence-corrected chi connectivity index (χ0v) is 12.5. The van der Waals surface area contributed by atoms with Crippen molar-refractivity contribution in [3.8, 4) is 0 Å². The Kier molecular flexibility index (Phi) is 3.66. The van der Waals surface area contributed by atoms with Crippen molar-refractivity contribution >= 4 is 56.2 Å². The Bertz CT molecular complexity index is 797. The van der Waals surface area contributed by atoms with Crippen LogP contribution in [0.4, 0.5) is 5.69 Å². The van der Waals surface area contributed by atoms with Crippen molar-refractivity contribution in [2.75, 3.05) is 5.32 Å². The van der Waals surface area contributed by atoms with Gasteiger partial charge in [-0.05, 0) is 24.3 Å². The monoisotopic (exact) mass is 321 g/mol. The molecule has 0 saturated carbocycles. The molecule has 0 bridgehead atoms. The second-order valence-electron chi connectivity index (χ2n) is 4.22. The van der Waals surface area contributed by atoms with Crippen molar-refractivity contribution in [1.82, 2.24) is 0 Å². The van der Waals surface area contributed by atoms with Gasteiger partial charge in [-0.3, -0.25) is 4.79 Å². The Morgan fingerprint density at radius 3 is 2.75 bits per heavy atom. The zero-order valence-electron chi connectivity index (χ0n) is 10.2. The van der Waals surface area contributed by atoms with Crippen LogP contribution < -0.4 is 5.32 Å². The van der Waals surface area contributed by atoms with Crippen LogP contribution in [0.15, 0.2) is 47.8 Å². The number of halogens is 2. The summed E-state index contributed by atoms with van der Waals surface area (Å²) in [7, 11) is 0. The molecule has 0 aliphatic heterocycles. The number of thiophene rings is 1. The maximum Gasteiger partial charge on any atom is 0.257 e. The molecule has 0 radical (unpaired) electrons. The topological polar surface area (TPSA) is 29.1 Å². The van der Waals surface area contributed by atoms with Gasteiger partial charge in [-0.25, -0.2) is 0 Å². The van der Waals surface area contributed by atoms with Gasteiger partial charge in [-0.2, -0.15) is 0 Å². The van der Waals surface area contributed by atoms with Crippen LogP contribution in [0.25, 0.3) is 10.1 Å². The normalized spacial score (nSPS) is 10.7. The van der Waals surface area contributed by atoms with Crippen molar-refractivity contribution in [1.29, 1.82) is 0 Å². The number of hydrogen-bond acceptors (Lipinski definition) is 2. The van der Waals surface area contributed by atoms with E-state index < -0.39 is 0 Å². The Morgan fingerprint density at radius 1 is 1.10 bits per heavy atom. The summed E-state index contributed by atoms with van der Waals surface area (Å²) in [5, 5.41) is 6.57. The second-order valence-corrected chi connectivity index (χ2v) is 5.98. The number of rotatable bonds is 2. The quantitative estimate of drug-likeness (QED) is 0.667. The first-order chi connectivity index (χ1) is 9.65. The first kappa shape index (κ1) is 13.4. The maximum absolute atomic E-state index is 12.3. The van der Waals surface area contributed by atoms with Crippen LogP contribution in [0.1, 0.15) is 10.4 Å². The van der Waals surface area contributed by atoms with E-state index in [-0.39, 0.29) is 5.91 Å². The van der Waals surface area contributed by atoms with Gasteiger partial charge in [0, 0.05) is 20.5 Å². The van der Waals surface area contributed by atoms with E-state index in [1.807, 2.05) is 29.6 Å². The maximum atomic E-state index is 12.3. The minimum atomic E-state index is -0.188. The molecule has 3 rings (SSSR count). The molecular weight excluding hydrogens is 313 g/mol. The molecule has 0 fully saturated rings. The molecule has 0 atom stereocenters. The van der Waals surface area contributed by atoms with Gasteiger partial charge in [-0.15, -0.1) is 11.3 Å². The number of nitrogens with one attached hydrogen (secondary N) is 1. The Hall–Kier alpha value is -1.55. The predicted molar refractivity (Wildman–Crippen MR) is 86.2 cm³/mol. The average Bonchev–Trinajstić information content (AvgIpc) is 2.87. The molecule has 1 aromatic heterocycles. The fraction of sp³-hybridized carbons (Fsp3) is 0. The minimum Gasteiger partial charge on any atom is -0.321 e. The molecule has 0 unspecified atom stereocenters. The molecule has 1 N–H and O–H groups in total. The highest BCUT2D eigenvalue weighted by atomic mass is 35.5. The van der Waals surface area contributed by atoms with Crippen LogP contribution in [0.5, 0.6) is 0 Å². The van der Waals surface area contributed by atoms with Crippen molar-refractivity contribution in [2.45, 2.75) is 0 Å². The van der Waals surface area contributed by atoms with Gasteiger partial charge in [0.15, 0.2) is 0 Å². The first-order valence-electron chi connectivity index (χ1n) is 5.88. The first-order valence-corrected chi connectivity index (χ1v) is 7.51. The lowest BCUT2D eigenvalue weighted by Gasteiger charge is -2.07. The molecule has 2 nitrogen and oxygen atoms in total. The van der Waals surface area contributed by atoms with Crippen molar-refractivity contribution in [3.05, 3.63) is 63.5 Å². The lowest BCUT2D eigenvalue weighted by Crippen LogP contribution is -2.11. The number of benzene rings is 2. The number of carbonyl (C=O) groups is 1. The van der Waals surface area contributed by atoms with Gasteiger partial charge in [0.2, 0.25) is 0 Å². The van der Waals surface area contributed by atoms with Crippen molar-refractivity contribution in [2.24, 2.45) is 0 Å². The van der Waals surface area contributed by atoms with E-state index in [2.05, 4.69) is 5.32 Å². The van der Waals surface area contributed by atoms with Crippen molar-refractivity contribution in [3.63, 3.8) is 0 Å². The molecule has 2 aromatic carbocycles. The van der Waals surface area contributed by atoms with E-state index in [0.29, 0.717) is 21.3 Å². The highest BCUT2D eigenvalue weighted by Gasteiger charge is 2.13. The second kappa shape index (κ2) is 5.44. The number of carbonyl (C=O) groups excluding carboxylic acids is 1. The van der Waals surface area contributed by atoms with Gasteiger partial charge in [0.05, 0.1) is 16.3 Å². The summed E-state index contributed by atoms with van der Waals surface area (Å²) in [5.41, 5.74) is 1.15. The van der Waals surface area contributed by atoms with Crippen LogP contribution in [0, 0.1) is 0 Å². The van der Waals surface area contributed by atoms with Crippen LogP contribution >= 0.6 is 34.5 Å². The van der Waals surface area contributed by atoms with E-state index in [9.17, 15) is 4.79 Å². The van der Waals surface area contributed by atoms with Crippen molar-refractivity contribution < 1.29 is 4.79 Å². The smallest absolute Gasteiger partial charge is 0.257 e. The van der Waals surface area contributed by atoms with Crippen LogP contribution in [-0.2, 0) is 0 Å². The van der Waals surface area contributed by atoms with Gasteiger partial charge in [0.1, 0.15) is 0 Å². The average molecular weight is 322 g/mol. The van der Waals surface area contributed by atoms with E-state index in [1.165, 1.54) is 0 Å². The van der Waals surface area contributed by atoms with Crippen LogP contribution in [0.2, 0.25) is 10.0 Å². The van der Waals surface area contributed by atoms with Crippen LogP contribution in [-0.4, -0.2) is 5.91 Å². The summed E-state index contributed by atoms with van der Waals surface area (Å²) >= 11 is 13.5. The van der Waals surface area contributed by atoms with E-state index >= 15 is 0 Å². The van der Waals surface area contributed by atoms with E-state index in [0.717, 1.165) is 10.1 Å². The fourth-order valence-corrected chi connectivity index (χ4v) is 3.21. The summed E-state index contributed by atoms with van der Waals surface area (Å²) in [5.74, 6) is -0.188. The summed E-state index contributed by atoms with van der Waals surface area (Å²) in [6, 6.07) is 12.8. The summed E-state index contributed by atoms with van der Waals surface area (Å²) in [4.78, 5) is 12.3. The Balaban J connectivity index is 1.95. The molecule has 20 heavy (non-hydrogen) atoms. The Morgan fingerprint density at radius 2 is 1.90 bits per heavy atom. The molecule has 0 aliphatic rings. The van der Waals surface area contributed by atoms with Gasteiger partial charge in [-0.1, -0.05) is 41.4 Å². The van der Waals surface area contributed by atoms with E-state index in [1.54, 1.807) is 29.5 Å². The van der Waals surface area contributed by atoms with Crippen LogP contribution in [0.3, 0.4) is 0 Å². The SMILES string of the molecule is O=C(Nc1cc(Cl)ccc1Cl)c1csc2ccccc12. The molecule has 1 amide bonds. The zero-order chi connectivity index (χ0) is 14.1. The van der Waals surface area contributed by atoms with Gasteiger partial charge >= 0.3 is 0 Å². The van der Waals surface area contributed by atoms with E-state index in [4.69, 9.17) is 23.2 Å². The molecular formula is C15H9Cl2NOS. The lowest BCUT2D eigenvalue weighted by molar-refractivity contribution is 0.102. The third-order valence-electron chi connectivity index (χ3n) is 2.90. The summed E-state index contributed by atoms with van der Waals surface area (Å²) in [6.07, 6.45) is 0. The minimum absolute atomic E-state index is 0.188. The lowest BCUT2D eigenvalue weighted by atomic mass is 10.1. The van der Waals surface area contributed by atoms with Gasteiger partial charge in [0.25, 0.3) is 5.91 Å². The summed E-state index contributed by atoms with van der Waals surface area (Å²) in [6.45, 7) is 0. The fourth-order valence-electron chi connectivity index (χ4n) is 1.94. The third-order valence-corrected chi connectivity index (χ3v) is 4.43. The standard InChI is InChI=1S/C15H9Cl2NOS/c16-9-5-6-12(17)13(7-9)18-15(19)11-8-20-14-4-2-1-3-10(11)14/h1-8H,(H,18,19).